The number of nitrogens with zero attached hydrogens (tertiary/aromatic N) is 1. The van der Waals surface area contributed by atoms with E-state index in [0.717, 1.165) is 11.8 Å². The predicted molar refractivity (Wildman–Crippen MR) is 107 cm³/mol. The van der Waals surface area contributed by atoms with Crippen molar-refractivity contribution in [3.05, 3.63) is 83.8 Å². The van der Waals surface area contributed by atoms with Crippen LogP contribution in [0.4, 0.5) is 0 Å². The summed E-state index contributed by atoms with van der Waals surface area (Å²) in [4.78, 5) is 14.7. The summed E-state index contributed by atoms with van der Waals surface area (Å²) >= 11 is 0. The van der Waals surface area contributed by atoms with Crippen LogP contribution in [0.25, 0.3) is 0 Å². The Bertz CT molecular complexity index is 1040. The lowest BCUT2D eigenvalue weighted by molar-refractivity contribution is 0.0717. The highest BCUT2D eigenvalue weighted by Gasteiger charge is 2.18. The van der Waals surface area contributed by atoms with Gasteiger partial charge >= 0.3 is 10.1 Å². The van der Waals surface area contributed by atoms with Crippen molar-refractivity contribution in [3.8, 4) is 11.5 Å². The van der Waals surface area contributed by atoms with E-state index in [1.54, 1.807) is 78.9 Å². The average Bonchev–Trinajstić information content (AvgIpc) is 3.20. The van der Waals surface area contributed by atoms with Gasteiger partial charge < -0.3 is 18.2 Å². The number of benzene rings is 2. The molecule has 1 amide bonds. The molecule has 0 aliphatic carbocycles. The lowest BCUT2D eigenvalue weighted by atomic mass is 10.1. The van der Waals surface area contributed by atoms with Crippen molar-refractivity contribution in [2.75, 3.05) is 13.4 Å². The van der Waals surface area contributed by atoms with Gasteiger partial charge in [0.1, 0.15) is 17.3 Å². The molecule has 2 aromatic carbocycles. The standard InChI is InChI=1S/C21H21NO6S/c1-26-18-11-7-17(8-12-18)21(23)22(15-20-4-3-13-27-20)14-16-5-9-19(10-6-16)28-29(2,24)25/h3-13H,14-15H2,1-2H3. The first-order chi connectivity index (χ1) is 13.8. The van der Waals surface area contributed by atoms with Crippen LogP contribution in [0.3, 0.4) is 0 Å². The van der Waals surface area contributed by atoms with Gasteiger partial charge in [0.2, 0.25) is 0 Å². The van der Waals surface area contributed by atoms with E-state index in [4.69, 9.17) is 13.3 Å². The molecule has 3 aromatic rings. The summed E-state index contributed by atoms with van der Waals surface area (Å²) in [6.07, 6.45) is 2.54. The van der Waals surface area contributed by atoms with E-state index in [9.17, 15) is 13.2 Å². The van der Waals surface area contributed by atoms with Crippen molar-refractivity contribution in [1.82, 2.24) is 4.90 Å². The van der Waals surface area contributed by atoms with E-state index < -0.39 is 10.1 Å². The largest absolute Gasteiger partial charge is 0.497 e. The molecule has 1 aromatic heterocycles. The van der Waals surface area contributed by atoms with E-state index in [-0.39, 0.29) is 11.7 Å². The molecule has 0 N–H and O–H groups in total. The van der Waals surface area contributed by atoms with Gasteiger partial charge in [-0.1, -0.05) is 12.1 Å². The van der Waals surface area contributed by atoms with Gasteiger partial charge in [-0.25, -0.2) is 0 Å². The van der Waals surface area contributed by atoms with Crippen LogP contribution >= 0.6 is 0 Å². The fourth-order valence-corrected chi connectivity index (χ4v) is 3.21. The van der Waals surface area contributed by atoms with E-state index >= 15 is 0 Å². The van der Waals surface area contributed by atoms with Crippen molar-refractivity contribution in [2.24, 2.45) is 0 Å². The molecular formula is C21H21NO6S. The number of methoxy groups -OCH3 is 1. The van der Waals surface area contributed by atoms with E-state index in [2.05, 4.69) is 0 Å². The fraction of sp³-hybridized carbons (Fsp3) is 0.190. The number of hydrogen-bond acceptors (Lipinski definition) is 6. The first-order valence-electron chi connectivity index (χ1n) is 8.78. The maximum absolute atomic E-state index is 13.1. The Hall–Kier alpha value is -3.26. The van der Waals surface area contributed by atoms with Gasteiger partial charge in [0.05, 0.1) is 26.2 Å². The summed E-state index contributed by atoms with van der Waals surface area (Å²) in [5, 5.41) is 0. The van der Waals surface area contributed by atoms with Crippen LogP contribution in [0.1, 0.15) is 21.7 Å². The summed E-state index contributed by atoms with van der Waals surface area (Å²) in [5.74, 6) is 1.38. The van der Waals surface area contributed by atoms with Crippen LogP contribution in [0.2, 0.25) is 0 Å². The number of ether oxygens (including phenoxy) is 1. The molecule has 0 bridgehead atoms. The number of carbonyl (C=O) groups is 1. The first-order valence-corrected chi connectivity index (χ1v) is 10.6. The van der Waals surface area contributed by atoms with Gasteiger partial charge in [0, 0.05) is 12.1 Å². The zero-order chi connectivity index (χ0) is 20.9. The number of amides is 1. The second-order valence-corrected chi connectivity index (χ2v) is 7.98. The summed E-state index contributed by atoms with van der Waals surface area (Å²) in [5.41, 5.74) is 1.34. The molecule has 3 rings (SSSR count). The molecule has 0 aliphatic heterocycles. The highest BCUT2D eigenvalue weighted by atomic mass is 32.2. The molecule has 29 heavy (non-hydrogen) atoms. The van der Waals surface area contributed by atoms with Gasteiger partial charge in [0.25, 0.3) is 5.91 Å². The number of carbonyl (C=O) groups excluding carboxylic acids is 1. The summed E-state index contributed by atoms with van der Waals surface area (Å²) in [6, 6.07) is 17.0. The predicted octanol–water partition coefficient (Wildman–Crippen LogP) is 3.47. The van der Waals surface area contributed by atoms with Crippen LogP contribution in [-0.4, -0.2) is 32.6 Å². The Balaban J connectivity index is 1.80. The Kier molecular flexibility index (Phi) is 6.23. The molecule has 0 saturated heterocycles. The van der Waals surface area contributed by atoms with Crippen LogP contribution in [0, 0.1) is 0 Å². The average molecular weight is 415 g/mol. The molecule has 0 atom stereocenters. The number of furan rings is 1. The summed E-state index contributed by atoms with van der Waals surface area (Å²) < 4.78 is 37.9. The number of hydrogen-bond donors (Lipinski definition) is 0. The molecule has 8 heteroatoms. The maximum Gasteiger partial charge on any atom is 0.306 e. The van der Waals surface area contributed by atoms with Crippen molar-refractivity contribution >= 4 is 16.0 Å². The minimum atomic E-state index is -3.59. The second kappa shape index (κ2) is 8.83. The normalized spacial score (nSPS) is 11.1. The van der Waals surface area contributed by atoms with E-state index in [0.29, 0.717) is 30.2 Å². The molecule has 0 saturated carbocycles. The van der Waals surface area contributed by atoms with Gasteiger partial charge in [-0.05, 0) is 54.1 Å². The van der Waals surface area contributed by atoms with Crippen LogP contribution in [0.5, 0.6) is 11.5 Å². The van der Waals surface area contributed by atoms with E-state index in [1.165, 1.54) is 0 Å². The Morgan fingerprint density at radius 2 is 1.62 bits per heavy atom. The SMILES string of the molecule is COc1ccc(C(=O)N(Cc2ccc(OS(C)(=O)=O)cc2)Cc2ccco2)cc1. The Labute approximate surface area is 169 Å². The van der Waals surface area contributed by atoms with E-state index in [1.807, 2.05) is 0 Å². The van der Waals surface area contributed by atoms with Crippen LogP contribution < -0.4 is 8.92 Å². The molecule has 152 valence electrons. The molecule has 0 fully saturated rings. The maximum atomic E-state index is 13.1. The topological polar surface area (TPSA) is 86.0 Å². The van der Waals surface area contributed by atoms with Crippen molar-refractivity contribution in [2.45, 2.75) is 13.1 Å². The molecule has 7 nitrogen and oxygen atoms in total. The monoisotopic (exact) mass is 415 g/mol. The highest BCUT2D eigenvalue weighted by Crippen LogP contribution is 2.19. The van der Waals surface area contributed by atoms with Crippen LogP contribution in [-0.2, 0) is 23.2 Å². The highest BCUT2D eigenvalue weighted by molar-refractivity contribution is 7.86. The third-order valence-corrected chi connectivity index (χ3v) is 4.59. The first kappa shape index (κ1) is 20.5. The zero-order valence-corrected chi connectivity index (χ0v) is 16.9. The minimum Gasteiger partial charge on any atom is -0.497 e. The lowest BCUT2D eigenvalue weighted by Crippen LogP contribution is -2.30. The molecular weight excluding hydrogens is 394 g/mol. The Morgan fingerprint density at radius 1 is 0.966 bits per heavy atom. The third kappa shape index (κ3) is 5.86. The summed E-state index contributed by atoms with van der Waals surface area (Å²) in [7, 11) is -2.02. The molecule has 0 unspecified atom stereocenters. The third-order valence-electron chi connectivity index (χ3n) is 4.10. The fourth-order valence-electron chi connectivity index (χ4n) is 2.75. The van der Waals surface area contributed by atoms with Gasteiger partial charge in [-0.15, -0.1) is 0 Å². The van der Waals surface area contributed by atoms with Crippen molar-refractivity contribution < 1.29 is 26.5 Å². The minimum absolute atomic E-state index is 0.166. The number of rotatable bonds is 8. The van der Waals surface area contributed by atoms with Crippen molar-refractivity contribution in [1.29, 1.82) is 0 Å². The zero-order valence-electron chi connectivity index (χ0n) is 16.1. The lowest BCUT2D eigenvalue weighted by Gasteiger charge is -2.22. The smallest absolute Gasteiger partial charge is 0.306 e. The van der Waals surface area contributed by atoms with Gasteiger partial charge in [0.15, 0.2) is 0 Å². The quantitative estimate of drug-likeness (QED) is 0.524. The molecule has 1 heterocycles. The Morgan fingerprint density at radius 3 is 2.17 bits per heavy atom. The molecule has 0 aliphatic rings. The van der Waals surface area contributed by atoms with Crippen molar-refractivity contribution in [3.63, 3.8) is 0 Å². The molecule has 0 radical (unpaired) electrons. The molecule has 0 spiro atoms. The van der Waals surface area contributed by atoms with Gasteiger partial charge in [-0.3, -0.25) is 4.79 Å². The second-order valence-electron chi connectivity index (χ2n) is 6.40. The van der Waals surface area contributed by atoms with Crippen LogP contribution in [0.15, 0.2) is 71.3 Å². The van der Waals surface area contributed by atoms with Gasteiger partial charge in [-0.2, -0.15) is 8.42 Å². The summed E-state index contributed by atoms with van der Waals surface area (Å²) in [6.45, 7) is 0.601.